The van der Waals surface area contributed by atoms with Crippen molar-refractivity contribution in [1.82, 2.24) is 4.72 Å². The number of hydrogen-bond acceptors (Lipinski definition) is 4. The summed E-state index contributed by atoms with van der Waals surface area (Å²) in [4.78, 5) is 7.63. The van der Waals surface area contributed by atoms with Crippen molar-refractivity contribution in [2.45, 2.75) is 18.2 Å². The van der Waals surface area contributed by atoms with E-state index in [0.717, 1.165) is 0 Å². The van der Waals surface area contributed by atoms with Crippen molar-refractivity contribution < 1.29 is 13.2 Å². The zero-order valence-electron chi connectivity index (χ0n) is 12.9. The fraction of sp³-hybridized carbons (Fsp3) is 0.385. The molecule has 0 fully saturated rings. The van der Waals surface area contributed by atoms with Gasteiger partial charge in [-0.2, -0.15) is 4.99 Å². The van der Waals surface area contributed by atoms with Crippen LogP contribution in [0.15, 0.2) is 39.1 Å². The van der Waals surface area contributed by atoms with Gasteiger partial charge in [0.1, 0.15) is 0 Å². The topological polar surface area (TPSA) is 158 Å². The molecule has 7 N–H and O–H groups in total. The van der Waals surface area contributed by atoms with Gasteiger partial charge in [0.2, 0.25) is 16.0 Å². The molecule has 0 spiro atoms. The van der Waals surface area contributed by atoms with Crippen molar-refractivity contribution in [2.24, 2.45) is 27.2 Å². The van der Waals surface area contributed by atoms with E-state index >= 15 is 0 Å². The van der Waals surface area contributed by atoms with Crippen molar-refractivity contribution >= 4 is 27.6 Å². The van der Waals surface area contributed by atoms with Crippen LogP contribution in [0.1, 0.15) is 13.3 Å². The van der Waals surface area contributed by atoms with Gasteiger partial charge in [0.15, 0.2) is 5.96 Å². The number of hydrogen-bond donors (Lipinski definition) is 4. The maximum Gasteiger partial charge on any atom is 0.240 e. The predicted octanol–water partition coefficient (Wildman–Crippen LogP) is -0.389. The number of guanidine groups is 2. The van der Waals surface area contributed by atoms with Gasteiger partial charge in [-0.25, -0.2) is 18.1 Å². The third-order valence-electron chi connectivity index (χ3n) is 2.60. The summed E-state index contributed by atoms with van der Waals surface area (Å²) in [6, 6.07) is 5.85. The van der Waals surface area contributed by atoms with E-state index in [1.807, 2.05) is 6.92 Å². The second-order valence-corrected chi connectivity index (χ2v) is 6.22. The summed E-state index contributed by atoms with van der Waals surface area (Å²) in [5.74, 6) is -0.323. The maximum absolute atomic E-state index is 12.1. The van der Waals surface area contributed by atoms with Crippen LogP contribution in [-0.4, -0.2) is 40.1 Å². The molecule has 0 aliphatic heterocycles. The summed E-state index contributed by atoms with van der Waals surface area (Å²) in [7, 11) is -3.56. The number of aliphatic imine (C=N–C) groups is 2. The van der Waals surface area contributed by atoms with E-state index in [-0.39, 0.29) is 16.8 Å². The van der Waals surface area contributed by atoms with E-state index in [2.05, 4.69) is 14.7 Å². The Kier molecular flexibility index (Phi) is 7.45. The van der Waals surface area contributed by atoms with Gasteiger partial charge in [-0.05, 0) is 37.6 Å². The first kappa shape index (κ1) is 18.9. The van der Waals surface area contributed by atoms with E-state index in [9.17, 15) is 8.42 Å². The van der Waals surface area contributed by atoms with E-state index in [1.165, 1.54) is 24.3 Å². The van der Waals surface area contributed by atoms with Crippen LogP contribution >= 0.6 is 0 Å². The van der Waals surface area contributed by atoms with Crippen LogP contribution in [0.2, 0.25) is 0 Å². The Hall–Kier alpha value is -2.17. The molecule has 9 nitrogen and oxygen atoms in total. The maximum atomic E-state index is 12.1. The number of benzene rings is 1. The van der Waals surface area contributed by atoms with Gasteiger partial charge in [0.25, 0.3) is 0 Å². The number of nitrogens with zero attached hydrogens (tertiary/aromatic N) is 2. The first-order chi connectivity index (χ1) is 10.8. The Bertz CT molecular complexity index is 651. The van der Waals surface area contributed by atoms with E-state index in [4.69, 9.17) is 21.9 Å². The highest BCUT2D eigenvalue weighted by atomic mass is 32.2. The van der Waals surface area contributed by atoms with E-state index < -0.39 is 10.0 Å². The van der Waals surface area contributed by atoms with Gasteiger partial charge in [0.05, 0.1) is 10.6 Å². The smallest absolute Gasteiger partial charge is 0.240 e. The SMILES string of the molecule is CCOCCCNS(=O)(=O)c1ccc(N=C(N)N=C(N)N)cc1. The molecule has 0 amide bonds. The molecule has 23 heavy (non-hydrogen) atoms. The molecule has 10 heteroatoms. The van der Waals surface area contributed by atoms with Crippen molar-refractivity contribution in [1.29, 1.82) is 0 Å². The minimum absolute atomic E-state index is 0.116. The minimum Gasteiger partial charge on any atom is -0.382 e. The molecular formula is C13H22N6O3S. The van der Waals surface area contributed by atoms with Gasteiger partial charge in [0, 0.05) is 19.8 Å². The lowest BCUT2D eigenvalue weighted by molar-refractivity contribution is 0.146. The average molecular weight is 342 g/mol. The summed E-state index contributed by atoms with van der Waals surface area (Å²) in [5, 5.41) is 0. The molecule has 0 aliphatic carbocycles. The molecular weight excluding hydrogens is 320 g/mol. The number of sulfonamides is 1. The van der Waals surface area contributed by atoms with Crippen LogP contribution in [0.3, 0.4) is 0 Å². The second kappa shape index (κ2) is 9.08. The van der Waals surface area contributed by atoms with Crippen molar-refractivity contribution in [3.05, 3.63) is 24.3 Å². The number of ether oxygens (including phenoxy) is 1. The molecule has 1 aromatic rings. The van der Waals surface area contributed by atoms with Crippen molar-refractivity contribution in [2.75, 3.05) is 19.8 Å². The molecule has 0 atom stereocenters. The molecule has 1 rings (SSSR count). The number of nitrogens with two attached hydrogens (primary N) is 3. The second-order valence-electron chi connectivity index (χ2n) is 4.45. The Morgan fingerprint density at radius 2 is 1.87 bits per heavy atom. The van der Waals surface area contributed by atoms with Gasteiger partial charge in [-0.3, -0.25) is 0 Å². The fourth-order valence-electron chi connectivity index (χ4n) is 1.60. The van der Waals surface area contributed by atoms with Crippen LogP contribution in [0.5, 0.6) is 0 Å². The van der Waals surface area contributed by atoms with Crippen LogP contribution in [0.4, 0.5) is 5.69 Å². The lowest BCUT2D eigenvalue weighted by Crippen LogP contribution is -2.26. The van der Waals surface area contributed by atoms with Crippen molar-refractivity contribution in [3.8, 4) is 0 Å². The molecule has 1 aromatic carbocycles. The van der Waals surface area contributed by atoms with Crippen LogP contribution in [0.25, 0.3) is 0 Å². The molecule has 0 aliphatic rings. The molecule has 0 unspecified atom stereocenters. The van der Waals surface area contributed by atoms with Crippen LogP contribution < -0.4 is 21.9 Å². The highest BCUT2D eigenvalue weighted by Crippen LogP contribution is 2.16. The van der Waals surface area contributed by atoms with E-state index in [0.29, 0.717) is 31.9 Å². The summed E-state index contributed by atoms with van der Waals surface area (Å²) >= 11 is 0. The monoisotopic (exact) mass is 342 g/mol. The summed E-state index contributed by atoms with van der Waals surface area (Å²) in [5.41, 5.74) is 16.3. The van der Waals surface area contributed by atoms with E-state index in [1.54, 1.807) is 0 Å². The average Bonchev–Trinajstić information content (AvgIpc) is 2.46. The molecule has 0 radical (unpaired) electrons. The predicted molar refractivity (Wildman–Crippen MR) is 89.8 cm³/mol. The Morgan fingerprint density at radius 3 is 2.43 bits per heavy atom. The third-order valence-corrected chi connectivity index (χ3v) is 4.07. The van der Waals surface area contributed by atoms with Crippen molar-refractivity contribution in [3.63, 3.8) is 0 Å². The number of rotatable bonds is 8. The van der Waals surface area contributed by atoms with Gasteiger partial charge in [-0.1, -0.05) is 0 Å². The van der Waals surface area contributed by atoms with Gasteiger partial charge in [-0.15, -0.1) is 0 Å². The van der Waals surface area contributed by atoms with Crippen LogP contribution in [-0.2, 0) is 14.8 Å². The first-order valence-corrected chi connectivity index (χ1v) is 8.44. The standard InChI is InChI=1S/C13H22N6O3S/c1-2-22-9-3-8-17-23(20,21)11-6-4-10(5-7-11)18-13(16)19-12(14)15/h4-7,17H,2-3,8-9H2,1H3,(H6,14,15,16,18,19). The largest absolute Gasteiger partial charge is 0.382 e. The summed E-state index contributed by atoms with van der Waals surface area (Å²) < 4.78 is 31.8. The highest BCUT2D eigenvalue weighted by molar-refractivity contribution is 7.89. The minimum atomic E-state index is -3.56. The molecule has 0 saturated heterocycles. The highest BCUT2D eigenvalue weighted by Gasteiger charge is 2.12. The lowest BCUT2D eigenvalue weighted by Gasteiger charge is -2.07. The first-order valence-electron chi connectivity index (χ1n) is 6.96. The third kappa shape index (κ3) is 7.08. The Balaban J connectivity index is 2.70. The van der Waals surface area contributed by atoms with Gasteiger partial charge < -0.3 is 21.9 Å². The quantitative estimate of drug-likeness (QED) is 0.286. The fourth-order valence-corrected chi connectivity index (χ4v) is 2.67. The normalized spacial score (nSPS) is 12.1. The molecule has 128 valence electrons. The lowest BCUT2D eigenvalue weighted by atomic mass is 10.3. The zero-order chi connectivity index (χ0) is 17.3. The molecule has 0 bridgehead atoms. The molecule has 0 saturated carbocycles. The Morgan fingerprint density at radius 1 is 1.22 bits per heavy atom. The Labute approximate surface area is 135 Å². The molecule has 0 heterocycles. The van der Waals surface area contributed by atoms with Gasteiger partial charge >= 0.3 is 0 Å². The summed E-state index contributed by atoms with van der Waals surface area (Å²) in [6.45, 7) is 3.31. The van der Waals surface area contributed by atoms with Crippen LogP contribution in [0, 0.1) is 0 Å². The molecule has 0 aromatic heterocycles. The summed E-state index contributed by atoms with van der Waals surface area (Å²) in [6.07, 6.45) is 0.602. The zero-order valence-corrected chi connectivity index (χ0v) is 13.7. The number of nitrogens with one attached hydrogen (secondary N) is 1.